The summed E-state index contributed by atoms with van der Waals surface area (Å²) in [4.78, 5) is 25.3. The van der Waals surface area contributed by atoms with Crippen molar-refractivity contribution in [1.29, 1.82) is 0 Å². The summed E-state index contributed by atoms with van der Waals surface area (Å²) < 4.78 is 5.55. The first-order valence-corrected chi connectivity index (χ1v) is 8.03. The minimum atomic E-state index is -0.842. The topological polar surface area (TPSA) is 87.7 Å². The van der Waals surface area contributed by atoms with E-state index in [0.717, 1.165) is 11.1 Å². The lowest BCUT2D eigenvalue weighted by Crippen LogP contribution is -2.45. The Labute approximate surface area is 138 Å². The summed E-state index contributed by atoms with van der Waals surface area (Å²) in [5, 5.41) is 20.1. The highest BCUT2D eigenvalue weighted by Gasteiger charge is 2.44. The number of Topliss-reactive ketones (excluding diaryl/α,β-unsaturated/α-hetero) is 2. The molecule has 2 aromatic rings. The lowest BCUT2D eigenvalue weighted by molar-refractivity contribution is 0.0350. The van der Waals surface area contributed by atoms with Gasteiger partial charge in [0.2, 0.25) is 11.6 Å². The molecule has 0 fully saturated rings. The second-order valence-electron chi connectivity index (χ2n) is 6.93. The molecule has 0 aliphatic heterocycles. The van der Waals surface area contributed by atoms with Gasteiger partial charge in [0.1, 0.15) is 5.76 Å². The summed E-state index contributed by atoms with van der Waals surface area (Å²) in [6.07, 6.45) is 1.73. The van der Waals surface area contributed by atoms with E-state index in [1.165, 1.54) is 6.26 Å². The maximum Gasteiger partial charge on any atom is 0.237 e. The molecule has 2 aliphatic carbocycles. The van der Waals surface area contributed by atoms with Crippen LogP contribution >= 0.6 is 0 Å². The van der Waals surface area contributed by atoms with E-state index in [2.05, 4.69) is 0 Å². The van der Waals surface area contributed by atoms with E-state index in [0.29, 0.717) is 40.9 Å². The van der Waals surface area contributed by atoms with Gasteiger partial charge < -0.3 is 14.6 Å². The van der Waals surface area contributed by atoms with Crippen molar-refractivity contribution < 1.29 is 24.2 Å². The van der Waals surface area contributed by atoms with Gasteiger partial charge in [-0.15, -0.1) is 0 Å². The molecule has 0 bridgehead atoms. The Morgan fingerprint density at radius 2 is 1.96 bits per heavy atom. The molecule has 1 aromatic heterocycles. The maximum absolute atomic E-state index is 12.8. The van der Waals surface area contributed by atoms with Crippen LogP contribution in [0.2, 0.25) is 0 Å². The molecule has 5 heteroatoms. The van der Waals surface area contributed by atoms with Gasteiger partial charge in [-0.05, 0) is 36.5 Å². The monoisotopic (exact) mass is 326 g/mol. The number of benzene rings is 1. The van der Waals surface area contributed by atoms with E-state index in [1.54, 1.807) is 19.9 Å². The number of rotatable bonds is 1. The van der Waals surface area contributed by atoms with Crippen molar-refractivity contribution in [3.8, 4) is 11.3 Å². The molecule has 0 spiro atoms. The van der Waals surface area contributed by atoms with E-state index in [4.69, 9.17) is 4.42 Å². The number of carbonyl (C=O) groups excluding carboxylic acids is 2. The van der Waals surface area contributed by atoms with Crippen molar-refractivity contribution >= 4 is 11.6 Å². The van der Waals surface area contributed by atoms with Gasteiger partial charge in [-0.1, -0.05) is 19.1 Å². The first-order chi connectivity index (χ1) is 11.4. The number of aliphatic hydroxyl groups excluding tert-OH is 2. The number of ketones is 2. The van der Waals surface area contributed by atoms with Crippen LogP contribution in [-0.2, 0) is 11.8 Å². The highest BCUT2D eigenvalue weighted by atomic mass is 16.3. The Morgan fingerprint density at radius 1 is 1.25 bits per heavy atom. The van der Waals surface area contributed by atoms with Crippen LogP contribution in [0.4, 0.5) is 0 Å². The van der Waals surface area contributed by atoms with Gasteiger partial charge in [-0.2, -0.15) is 0 Å². The SMILES string of the molecule is Cc1coc2c1C(=O)C(=O)c1c-2ccc2c1CCC(O)C2(C)CO. The highest BCUT2D eigenvalue weighted by molar-refractivity contribution is 6.53. The predicted molar refractivity (Wildman–Crippen MR) is 86.3 cm³/mol. The number of aryl methyl sites for hydroxylation is 1. The molecule has 5 nitrogen and oxygen atoms in total. The predicted octanol–water partition coefficient (Wildman–Crippen LogP) is 2.19. The fourth-order valence-electron chi connectivity index (χ4n) is 4.01. The van der Waals surface area contributed by atoms with Crippen molar-refractivity contribution in [3.05, 3.63) is 46.2 Å². The molecule has 124 valence electrons. The molecule has 4 rings (SSSR count). The van der Waals surface area contributed by atoms with Crippen molar-refractivity contribution in [2.45, 2.75) is 38.2 Å². The molecular formula is C19H18O5. The standard InChI is InChI=1S/C19H18O5/c1-9-7-24-18-11-3-5-12-10(4-6-13(21)19(12,2)8-20)15(11)17(23)16(22)14(9)18/h3,5,7,13,20-21H,4,6,8H2,1-2H3. The lowest BCUT2D eigenvalue weighted by atomic mass is 9.67. The lowest BCUT2D eigenvalue weighted by Gasteiger charge is -2.40. The van der Waals surface area contributed by atoms with Gasteiger partial charge in [-0.25, -0.2) is 0 Å². The highest BCUT2D eigenvalue weighted by Crippen LogP contribution is 2.44. The quantitative estimate of drug-likeness (QED) is 0.784. The van der Waals surface area contributed by atoms with Crippen LogP contribution in [0.5, 0.6) is 0 Å². The zero-order chi connectivity index (χ0) is 17.2. The molecule has 0 saturated heterocycles. The molecule has 24 heavy (non-hydrogen) atoms. The Morgan fingerprint density at radius 3 is 2.67 bits per heavy atom. The second kappa shape index (κ2) is 4.88. The van der Waals surface area contributed by atoms with Crippen LogP contribution in [0.15, 0.2) is 22.8 Å². The van der Waals surface area contributed by atoms with Crippen molar-refractivity contribution in [2.75, 3.05) is 6.61 Å². The van der Waals surface area contributed by atoms with E-state index in [-0.39, 0.29) is 6.61 Å². The van der Waals surface area contributed by atoms with E-state index in [1.807, 2.05) is 6.07 Å². The van der Waals surface area contributed by atoms with Crippen molar-refractivity contribution in [3.63, 3.8) is 0 Å². The molecule has 2 aliphatic rings. The van der Waals surface area contributed by atoms with Crippen LogP contribution in [0.3, 0.4) is 0 Å². The summed E-state index contributed by atoms with van der Waals surface area (Å²) in [5.74, 6) is -0.642. The number of hydrogen-bond donors (Lipinski definition) is 2. The minimum absolute atomic E-state index is 0.229. The summed E-state index contributed by atoms with van der Waals surface area (Å²) in [7, 11) is 0. The van der Waals surface area contributed by atoms with Gasteiger partial charge >= 0.3 is 0 Å². The first-order valence-electron chi connectivity index (χ1n) is 8.03. The molecule has 1 heterocycles. The average molecular weight is 326 g/mol. The minimum Gasteiger partial charge on any atom is -0.463 e. The summed E-state index contributed by atoms with van der Waals surface area (Å²) in [6, 6.07) is 3.59. The summed E-state index contributed by atoms with van der Waals surface area (Å²) in [6.45, 7) is 3.29. The smallest absolute Gasteiger partial charge is 0.237 e. The average Bonchev–Trinajstić information content (AvgIpc) is 2.97. The zero-order valence-corrected chi connectivity index (χ0v) is 13.5. The molecule has 0 saturated carbocycles. The number of aliphatic hydroxyl groups is 2. The second-order valence-corrected chi connectivity index (χ2v) is 6.93. The molecule has 2 atom stereocenters. The van der Waals surface area contributed by atoms with Crippen molar-refractivity contribution in [1.82, 2.24) is 0 Å². The Hall–Kier alpha value is -2.24. The third kappa shape index (κ3) is 1.71. The van der Waals surface area contributed by atoms with Gasteiger partial charge in [0.05, 0.1) is 24.5 Å². The third-order valence-corrected chi connectivity index (χ3v) is 5.54. The van der Waals surface area contributed by atoms with E-state index < -0.39 is 23.1 Å². The maximum atomic E-state index is 12.8. The van der Waals surface area contributed by atoms with Crippen LogP contribution < -0.4 is 0 Å². The zero-order valence-electron chi connectivity index (χ0n) is 13.5. The number of fused-ring (bicyclic) bond motifs is 5. The third-order valence-electron chi connectivity index (χ3n) is 5.54. The van der Waals surface area contributed by atoms with Crippen LogP contribution in [0.1, 0.15) is 50.8 Å². The molecule has 2 N–H and O–H groups in total. The van der Waals surface area contributed by atoms with Crippen LogP contribution in [0, 0.1) is 6.92 Å². The molecule has 2 unspecified atom stereocenters. The molecular weight excluding hydrogens is 308 g/mol. The Kier molecular flexibility index (Phi) is 3.11. The van der Waals surface area contributed by atoms with Crippen LogP contribution in [0.25, 0.3) is 11.3 Å². The largest absolute Gasteiger partial charge is 0.463 e. The molecule has 1 aromatic carbocycles. The van der Waals surface area contributed by atoms with Gasteiger partial charge in [-0.3, -0.25) is 9.59 Å². The van der Waals surface area contributed by atoms with Crippen LogP contribution in [-0.4, -0.2) is 34.5 Å². The van der Waals surface area contributed by atoms with Gasteiger partial charge in [0.25, 0.3) is 0 Å². The Balaban J connectivity index is 2.04. The normalized spacial score (nSPS) is 25.2. The van der Waals surface area contributed by atoms with Gasteiger partial charge in [0, 0.05) is 16.5 Å². The molecule has 0 amide bonds. The first kappa shape index (κ1) is 15.3. The molecule has 0 radical (unpaired) electrons. The van der Waals surface area contributed by atoms with E-state index in [9.17, 15) is 19.8 Å². The number of carbonyl (C=O) groups is 2. The number of furan rings is 1. The number of hydrogen-bond acceptors (Lipinski definition) is 5. The fourth-order valence-corrected chi connectivity index (χ4v) is 4.01. The fraction of sp³-hybridized carbons (Fsp3) is 0.368. The summed E-state index contributed by atoms with van der Waals surface area (Å²) in [5.41, 5.74) is 2.62. The van der Waals surface area contributed by atoms with E-state index >= 15 is 0 Å². The summed E-state index contributed by atoms with van der Waals surface area (Å²) >= 11 is 0. The Bertz CT molecular complexity index is 891. The van der Waals surface area contributed by atoms with Gasteiger partial charge in [0.15, 0.2) is 0 Å². The van der Waals surface area contributed by atoms with Crippen molar-refractivity contribution in [2.24, 2.45) is 0 Å².